The molecule has 0 radical (unpaired) electrons. The Morgan fingerprint density at radius 2 is 1.70 bits per heavy atom. The van der Waals surface area contributed by atoms with Gasteiger partial charge < -0.3 is 4.84 Å². The average molecular weight is 404 g/mol. The molecule has 0 spiro atoms. The molecule has 0 aliphatic rings. The summed E-state index contributed by atoms with van der Waals surface area (Å²) in [5, 5.41) is 3.81. The Balaban J connectivity index is 2.43. The molecule has 0 unspecified atom stereocenters. The standard InChI is InChI=1S/C17H16F4N2O3S/c1-11-4-9-16(23(3)27(24,25)17(19,20)21)15(10-11)12(2)22-26-14-7-5-13(18)6-8-14/h4-10H,1-3H3/b22-12+. The van der Waals surface area contributed by atoms with Crippen LogP contribution in [0.1, 0.15) is 18.1 Å². The van der Waals surface area contributed by atoms with E-state index in [1.165, 1.54) is 37.3 Å². The molecule has 0 N–H and O–H groups in total. The van der Waals surface area contributed by atoms with E-state index < -0.39 is 21.3 Å². The summed E-state index contributed by atoms with van der Waals surface area (Å²) in [7, 11) is -4.76. The van der Waals surface area contributed by atoms with Gasteiger partial charge in [-0.15, -0.1) is 0 Å². The molecule has 27 heavy (non-hydrogen) atoms. The molecule has 0 bridgehead atoms. The molecule has 5 nitrogen and oxygen atoms in total. The molecule has 0 saturated heterocycles. The van der Waals surface area contributed by atoms with Gasteiger partial charge in [-0.3, -0.25) is 4.31 Å². The van der Waals surface area contributed by atoms with E-state index in [1.807, 2.05) is 0 Å². The lowest BCUT2D eigenvalue weighted by Crippen LogP contribution is -2.38. The minimum Gasteiger partial charge on any atom is -0.357 e. The van der Waals surface area contributed by atoms with E-state index >= 15 is 0 Å². The molecule has 10 heteroatoms. The normalized spacial score (nSPS) is 12.8. The monoisotopic (exact) mass is 404 g/mol. The van der Waals surface area contributed by atoms with Crippen molar-refractivity contribution in [2.75, 3.05) is 11.4 Å². The molecule has 0 aliphatic carbocycles. The highest BCUT2D eigenvalue weighted by molar-refractivity contribution is 7.93. The van der Waals surface area contributed by atoms with Gasteiger partial charge in [0.05, 0.1) is 11.4 Å². The maximum atomic E-state index is 12.9. The zero-order valence-corrected chi connectivity index (χ0v) is 15.4. The second kappa shape index (κ2) is 7.55. The molecular formula is C17H16F4N2O3S. The van der Waals surface area contributed by atoms with Gasteiger partial charge in [0.15, 0.2) is 5.75 Å². The van der Waals surface area contributed by atoms with Gasteiger partial charge in [0.2, 0.25) is 0 Å². The SMILES string of the molecule is C/C(=N\Oc1ccc(F)cc1)c1cc(C)ccc1N(C)S(=O)(=O)C(F)(F)F. The first-order valence-electron chi connectivity index (χ1n) is 7.57. The van der Waals surface area contributed by atoms with Crippen molar-refractivity contribution in [3.05, 3.63) is 59.4 Å². The first-order valence-corrected chi connectivity index (χ1v) is 9.01. The van der Waals surface area contributed by atoms with Crippen molar-refractivity contribution >= 4 is 21.4 Å². The number of halogens is 4. The Morgan fingerprint density at radius 1 is 1.11 bits per heavy atom. The lowest BCUT2D eigenvalue weighted by Gasteiger charge is -2.23. The van der Waals surface area contributed by atoms with Crippen molar-refractivity contribution in [2.24, 2.45) is 5.16 Å². The number of hydrogen-bond donors (Lipinski definition) is 0. The Kier molecular flexibility index (Phi) is 5.79. The molecule has 0 saturated carbocycles. The molecule has 0 aliphatic heterocycles. The van der Waals surface area contributed by atoms with Crippen molar-refractivity contribution in [1.82, 2.24) is 0 Å². The van der Waals surface area contributed by atoms with Gasteiger partial charge in [-0.05, 0) is 50.2 Å². The maximum Gasteiger partial charge on any atom is 0.516 e. The van der Waals surface area contributed by atoms with E-state index in [9.17, 15) is 26.0 Å². The van der Waals surface area contributed by atoms with Crippen LogP contribution in [0.4, 0.5) is 23.2 Å². The van der Waals surface area contributed by atoms with E-state index in [4.69, 9.17) is 4.84 Å². The Bertz CT molecular complexity index is 955. The van der Waals surface area contributed by atoms with Crippen LogP contribution in [0.25, 0.3) is 0 Å². The van der Waals surface area contributed by atoms with Crippen LogP contribution in [-0.2, 0) is 10.0 Å². The molecule has 0 heterocycles. The first-order chi connectivity index (χ1) is 12.4. The number of aryl methyl sites for hydroxylation is 1. The molecule has 2 aromatic carbocycles. The summed E-state index contributed by atoms with van der Waals surface area (Å²) >= 11 is 0. The number of alkyl halides is 3. The molecule has 0 fully saturated rings. The fourth-order valence-corrected chi connectivity index (χ4v) is 2.89. The Labute approximate surface area is 153 Å². The summed E-state index contributed by atoms with van der Waals surface area (Å²) in [5.41, 5.74) is -4.68. The van der Waals surface area contributed by atoms with Crippen LogP contribution in [0.2, 0.25) is 0 Å². The van der Waals surface area contributed by atoms with Gasteiger partial charge in [0.25, 0.3) is 0 Å². The minimum atomic E-state index is -5.57. The van der Waals surface area contributed by atoms with E-state index in [-0.39, 0.29) is 27.0 Å². The predicted octanol–water partition coefficient (Wildman–Crippen LogP) is 4.22. The van der Waals surface area contributed by atoms with Crippen molar-refractivity contribution in [3.8, 4) is 5.75 Å². The number of oxime groups is 1. The highest BCUT2D eigenvalue weighted by Crippen LogP contribution is 2.32. The fraction of sp³-hybridized carbons (Fsp3) is 0.235. The first kappa shape index (κ1) is 20.7. The molecule has 2 rings (SSSR count). The van der Waals surface area contributed by atoms with E-state index in [2.05, 4.69) is 5.16 Å². The number of sulfonamides is 1. The zero-order valence-electron chi connectivity index (χ0n) is 14.6. The number of anilines is 1. The molecule has 0 aromatic heterocycles. The lowest BCUT2D eigenvalue weighted by molar-refractivity contribution is -0.0437. The lowest BCUT2D eigenvalue weighted by atomic mass is 10.1. The van der Waals surface area contributed by atoms with Gasteiger partial charge in [0, 0.05) is 12.6 Å². The third kappa shape index (κ3) is 4.57. The smallest absolute Gasteiger partial charge is 0.357 e. The second-order valence-corrected chi connectivity index (χ2v) is 7.62. The van der Waals surface area contributed by atoms with E-state index in [0.717, 1.165) is 19.2 Å². The second-order valence-electron chi connectivity index (χ2n) is 5.66. The third-order valence-corrected chi connectivity index (χ3v) is 5.14. The van der Waals surface area contributed by atoms with Gasteiger partial charge in [-0.1, -0.05) is 16.8 Å². The van der Waals surface area contributed by atoms with Gasteiger partial charge >= 0.3 is 15.5 Å². The molecule has 146 valence electrons. The van der Waals surface area contributed by atoms with Crippen LogP contribution >= 0.6 is 0 Å². The Hall–Kier alpha value is -2.62. The summed E-state index contributed by atoms with van der Waals surface area (Å²) in [4.78, 5) is 5.14. The summed E-state index contributed by atoms with van der Waals surface area (Å²) in [5.74, 6) is -0.260. The van der Waals surface area contributed by atoms with Crippen molar-refractivity contribution < 1.29 is 30.8 Å². The van der Waals surface area contributed by atoms with Crippen LogP contribution < -0.4 is 9.14 Å². The maximum absolute atomic E-state index is 12.9. The van der Waals surface area contributed by atoms with Crippen LogP contribution in [0.5, 0.6) is 5.75 Å². The van der Waals surface area contributed by atoms with Gasteiger partial charge in [-0.25, -0.2) is 4.39 Å². The molecule has 0 atom stereocenters. The summed E-state index contributed by atoms with van der Waals surface area (Å²) in [6.45, 7) is 3.15. The molecular weight excluding hydrogens is 388 g/mol. The number of hydrogen-bond acceptors (Lipinski definition) is 4. The van der Waals surface area contributed by atoms with Gasteiger partial charge in [-0.2, -0.15) is 21.6 Å². The van der Waals surface area contributed by atoms with Crippen LogP contribution in [0.3, 0.4) is 0 Å². The average Bonchev–Trinajstić information content (AvgIpc) is 2.59. The van der Waals surface area contributed by atoms with E-state index in [0.29, 0.717) is 5.56 Å². The van der Waals surface area contributed by atoms with Crippen LogP contribution in [-0.4, -0.2) is 26.7 Å². The summed E-state index contributed by atoms with van der Waals surface area (Å²) in [6, 6.07) is 9.18. The fourth-order valence-electron chi connectivity index (χ4n) is 2.16. The van der Waals surface area contributed by atoms with Crippen LogP contribution in [0.15, 0.2) is 47.6 Å². The van der Waals surface area contributed by atoms with Crippen molar-refractivity contribution in [3.63, 3.8) is 0 Å². The van der Waals surface area contributed by atoms with Crippen molar-refractivity contribution in [1.29, 1.82) is 0 Å². The number of benzene rings is 2. The zero-order chi connectivity index (χ0) is 20.4. The minimum absolute atomic E-state index is 0.141. The quantitative estimate of drug-likeness (QED) is 0.426. The number of rotatable bonds is 5. The van der Waals surface area contributed by atoms with E-state index in [1.54, 1.807) is 6.92 Å². The van der Waals surface area contributed by atoms with Crippen molar-refractivity contribution in [2.45, 2.75) is 19.4 Å². The number of nitrogens with zero attached hydrogens (tertiary/aromatic N) is 2. The predicted molar refractivity (Wildman–Crippen MR) is 93.8 cm³/mol. The van der Waals surface area contributed by atoms with Gasteiger partial charge in [0.1, 0.15) is 5.82 Å². The highest BCUT2D eigenvalue weighted by atomic mass is 32.2. The third-order valence-electron chi connectivity index (χ3n) is 3.64. The topological polar surface area (TPSA) is 59.0 Å². The Morgan fingerprint density at radius 3 is 2.26 bits per heavy atom. The largest absolute Gasteiger partial charge is 0.516 e. The molecule has 0 amide bonds. The van der Waals surface area contributed by atoms with Crippen LogP contribution in [0, 0.1) is 12.7 Å². The highest BCUT2D eigenvalue weighted by Gasteiger charge is 2.49. The molecule has 2 aromatic rings. The summed E-state index contributed by atoms with van der Waals surface area (Å²) < 4.78 is 75.1. The summed E-state index contributed by atoms with van der Waals surface area (Å²) in [6.07, 6.45) is 0.